The van der Waals surface area contributed by atoms with Crippen molar-refractivity contribution in [1.82, 2.24) is 9.97 Å². The van der Waals surface area contributed by atoms with Gasteiger partial charge in [0.15, 0.2) is 0 Å². The van der Waals surface area contributed by atoms with Gasteiger partial charge in [-0.2, -0.15) is 0 Å². The van der Waals surface area contributed by atoms with Crippen LogP contribution in [0.1, 0.15) is 5.56 Å². The summed E-state index contributed by atoms with van der Waals surface area (Å²) in [5.41, 5.74) is 0.728. The second-order valence-corrected chi connectivity index (χ2v) is 5.95. The van der Waals surface area contributed by atoms with Gasteiger partial charge >= 0.3 is 5.69 Å². The Morgan fingerprint density at radius 2 is 1.77 bits per heavy atom. The zero-order chi connectivity index (χ0) is 16.2. The van der Waals surface area contributed by atoms with Gasteiger partial charge in [0.05, 0.1) is 9.82 Å². The highest BCUT2D eigenvalue weighted by Crippen LogP contribution is 2.10. The van der Waals surface area contributed by atoms with Gasteiger partial charge in [-0.3, -0.25) is 10.1 Å². The Hall–Kier alpha value is -2.59. The third-order valence-corrected chi connectivity index (χ3v) is 3.73. The van der Waals surface area contributed by atoms with Crippen LogP contribution in [0.25, 0.3) is 0 Å². The summed E-state index contributed by atoms with van der Waals surface area (Å²) in [6.07, 6.45) is 2.84. The third kappa shape index (κ3) is 4.20. The fraction of sp³-hybridized carbons (Fsp3) is 0.167. The average molecular weight is 323 g/mol. The van der Waals surface area contributed by atoms with Crippen molar-refractivity contribution in [2.45, 2.75) is 11.3 Å². The standard InChI is InChI=1S/C12H13N5O4S/c13-22(20,21)11-3-1-9(2-4-11)5-6-14-12-15-7-10(8-16-12)17(18)19/h1-4,7-8H,5-6H2,(H2,13,20,21)(H,14,15,16). The minimum absolute atomic E-state index is 0.0583. The van der Waals surface area contributed by atoms with E-state index in [0.717, 1.165) is 18.0 Å². The monoisotopic (exact) mass is 323 g/mol. The number of nitrogens with one attached hydrogen (secondary N) is 1. The number of benzene rings is 1. The number of nitrogens with zero attached hydrogens (tertiary/aromatic N) is 3. The van der Waals surface area contributed by atoms with Crippen molar-refractivity contribution in [3.63, 3.8) is 0 Å². The Kier molecular flexibility index (Phi) is 4.63. The van der Waals surface area contributed by atoms with E-state index < -0.39 is 14.9 Å². The summed E-state index contributed by atoms with van der Waals surface area (Å²) in [7, 11) is -3.68. The van der Waals surface area contributed by atoms with Crippen molar-refractivity contribution >= 4 is 21.7 Å². The van der Waals surface area contributed by atoms with Gasteiger partial charge in [-0.25, -0.2) is 23.5 Å². The van der Waals surface area contributed by atoms with E-state index in [1.54, 1.807) is 12.1 Å². The van der Waals surface area contributed by atoms with E-state index in [9.17, 15) is 18.5 Å². The second-order valence-electron chi connectivity index (χ2n) is 4.39. The molecular weight excluding hydrogens is 310 g/mol. The Morgan fingerprint density at radius 1 is 1.18 bits per heavy atom. The van der Waals surface area contributed by atoms with Gasteiger partial charge in [0.25, 0.3) is 0 Å². The summed E-state index contributed by atoms with van der Waals surface area (Å²) in [5.74, 6) is 0.284. The van der Waals surface area contributed by atoms with E-state index in [1.165, 1.54) is 12.1 Å². The number of hydrogen-bond acceptors (Lipinski definition) is 7. The number of anilines is 1. The van der Waals surface area contributed by atoms with Gasteiger partial charge in [0.1, 0.15) is 12.4 Å². The van der Waals surface area contributed by atoms with Gasteiger partial charge in [-0.05, 0) is 24.1 Å². The van der Waals surface area contributed by atoms with Crippen LogP contribution in [-0.4, -0.2) is 29.9 Å². The summed E-state index contributed by atoms with van der Waals surface area (Å²) < 4.78 is 22.2. The van der Waals surface area contributed by atoms with Crippen LogP contribution in [0.4, 0.5) is 11.6 Å². The van der Waals surface area contributed by atoms with Gasteiger partial charge in [-0.15, -0.1) is 0 Å². The highest BCUT2D eigenvalue weighted by Gasteiger charge is 2.07. The molecule has 0 unspecified atom stereocenters. The molecule has 0 aliphatic heterocycles. The van der Waals surface area contributed by atoms with Crippen molar-refractivity contribution in [3.8, 4) is 0 Å². The molecule has 0 saturated heterocycles. The molecule has 3 N–H and O–H groups in total. The first kappa shape index (κ1) is 15.8. The van der Waals surface area contributed by atoms with Crippen LogP contribution < -0.4 is 10.5 Å². The Morgan fingerprint density at radius 3 is 2.27 bits per heavy atom. The fourth-order valence-electron chi connectivity index (χ4n) is 1.67. The Bertz CT molecular complexity index is 759. The molecule has 1 aromatic heterocycles. The third-order valence-electron chi connectivity index (χ3n) is 2.80. The molecule has 10 heteroatoms. The second kappa shape index (κ2) is 6.45. The minimum Gasteiger partial charge on any atom is -0.354 e. The van der Waals surface area contributed by atoms with E-state index in [1.807, 2.05) is 0 Å². The molecule has 116 valence electrons. The molecule has 0 aliphatic rings. The van der Waals surface area contributed by atoms with Crippen LogP contribution in [-0.2, 0) is 16.4 Å². The number of hydrogen-bond donors (Lipinski definition) is 2. The topological polar surface area (TPSA) is 141 Å². The zero-order valence-electron chi connectivity index (χ0n) is 11.3. The maximum atomic E-state index is 11.1. The number of sulfonamides is 1. The largest absolute Gasteiger partial charge is 0.354 e. The summed E-state index contributed by atoms with van der Waals surface area (Å²) in [6.45, 7) is 0.493. The molecule has 2 aromatic rings. The zero-order valence-corrected chi connectivity index (χ0v) is 12.2. The number of aromatic nitrogens is 2. The highest BCUT2D eigenvalue weighted by molar-refractivity contribution is 7.89. The molecule has 0 fully saturated rings. The van der Waals surface area contributed by atoms with E-state index in [2.05, 4.69) is 15.3 Å². The van der Waals surface area contributed by atoms with Crippen molar-refractivity contribution in [3.05, 3.63) is 52.3 Å². The molecule has 0 atom stereocenters. The van der Waals surface area contributed by atoms with Crippen molar-refractivity contribution < 1.29 is 13.3 Å². The lowest BCUT2D eigenvalue weighted by molar-refractivity contribution is -0.385. The van der Waals surface area contributed by atoms with Crippen molar-refractivity contribution in [1.29, 1.82) is 0 Å². The average Bonchev–Trinajstić information content (AvgIpc) is 2.47. The molecule has 2 rings (SSSR count). The van der Waals surface area contributed by atoms with E-state index in [-0.39, 0.29) is 16.5 Å². The van der Waals surface area contributed by atoms with Crippen LogP contribution >= 0.6 is 0 Å². The van der Waals surface area contributed by atoms with Gasteiger partial charge < -0.3 is 5.32 Å². The first-order valence-corrected chi connectivity index (χ1v) is 7.73. The number of primary sulfonamides is 1. The van der Waals surface area contributed by atoms with Crippen LogP contribution in [0.5, 0.6) is 0 Å². The molecule has 0 saturated carbocycles. The molecule has 9 nitrogen and oxygen atoms in total. The van der Waals surface area contributed by atoms with Crippen molar-refractivity contribution in [2.75, 3.05) is 11.9 Å². The number of nitrogens with two attached hydrogens (primary N) is 1. The molecule has 0 spiro atoms. The smallest absolute Gasteiger partial charge is 0.305 e. The van der Waals surface area contributed by atoms with Gasteiger partial charge in [0, 0.05) is 6.54 Å². The Balaban J connectivity index is 1.89. The highest BCUT2D eigenvalue weighted by atomic mass is 32.2. The molecule has 0 radical (unpaired) electrons. The number of nitro groups is 1. The molecule has 22 heavy (non-hydrogen) atoms. The summed E-state index contributed by atoms with van der Waals surface area (Å²) >= 11 is 0. The summed E-state index contributed by atoms with van der Waals surface area (Å²) in [5, 5.41) is 18.4. The van der Waals surface area contributed by atoms with Crippen LogP contribution in [0.3, 0.4) is 0 Å². The molecular formula is C12H13N5O4S. The van der Waals surface area contributed by atoms with Crippen LogP contribution in [0.15, 0.2) is 41.6 Å². The Labute approximate surface area is 126 Å². The van der Waals surface area contributed by atoms with E-state index in [4.69, 9.17) is 5.14 Å². The molecule has 0 aliphatic carbocycles. The SMILES string of the molecule is NS(=O)(=O)c1ccc(CCNc2ncc([N+](=O)[O-])cn2)cc1. The molecule has 0 amide bonds. The first-order chi connectivity index (χ1) is 10.4. The van der Waals surface area contributed by atoms with Gasteiger partial charge in [-0.1, -0.05) is 12.1 Å². The first-order valence-electron chi connectivity index (χ1n) is 6.18. The predicted octanol–water partition coefficient (Wildman–Crippen LogP) is 0.687. The van der Waals surface area contributed by atoms with Crippen molar-refractivity contribution in [2.24, 2.45) is 5.14 Å². The predicted molar refractivity (Wildman–Crippen MR) is 78.7 cm³/mol. The minimum atomic E-state index is -3.68. The van der Waals surface area contributed by atoms with Gasteiger partial charge in [0.2, 0.25) is 16.0 Å². The van der Waals surface area contributed by atoms with Crippen LogP contribution in [0.2, 0.25) is 0 Å². The lowest BCUT2D eigenvalue weighted by Gasteiger charge is -2.05. The molecule has 0 bridgehead atoms. The summed E-state index contributed by atoms with van der Waals surface area (Å²) in [6, 6.07) is 6.20. The number of rotatable bonds is 6. The van der Waals surface area contributed by atoms with E-state index >= 15 is 0 Å². The quantitative estimate of drug-likeness (QED) is 0.588. The normalized spacial score (nSPS) is 11.1. The molecule has 1 aromatic carbocycles. The molecule has 1 heterocycles. The summed E-state index contributed by atoms with van der Waals surface area (Å²) in [4.78, 5) is 17.6. The fourth-order valence-corrected chi connectivity index (χ4v) is 2.19. The lowest BCUT2D eigenvalue weighted by atomic mass is 10.1. The maximum absolute atomic E-state index is 11.1. The van der Waals surface area contributed by atoms with Crippen LogP contribution in [0, 0.1) is 10.1 Å². The maximum Gasteiger partial charge on any atom is 0.305 e. The lowest BCUT2D eigenvalue weighted by Crippen LogP contribution is -2.12. The van der Waals surface area contributed by atoms with E-state index in [0.29, 0.717) is 13.0 Å².